The summed E-state index contributed by atoms with van der Waals surface area (Å²) in [6, 6.07) is 16.8. The molecule has 4 nitrogen and oxygen atoms in total. The van der Waals surface area contributed by atoms with Crippen molar-refractivity contribution < 1.29 is 9.47 Å². The molecule has 26 heavy (non-hydrogen) atoms. The van der Waals surface area contributed by atoms with E-state index in [1.54, 1.807) is 0 Å². The molecule has 0 N–H and O–H groups in total. The smallest absolute Gasteiger partial charge is 0.221 e. The molecule has 2 aliphatic rings. The Kier molecular flexibility index (Phi) is 3.20. The predicted octanol–water partition coefficient (Wildman–Crippen LogP) is 4.20. The number of para-hydroxylation sites is 1. The molecule has 0 saturated carbocycles. The van der Waals surface area contributed by atoms with Crippen LogP contribution in [0.4, 0.5) is 0 Å². The summed E-state index contributed by atoms with van der Waals surface area (Å²) in [5.74, 6) is 2.11. The number of aryl methyl sites for hydroxylation is 2. The molecule has 0 unspecified atom stereocenters. The third-order valence-corrected chi connectivity index (χ3v) is 5.94. The Morgan fingerprint density at radius 2 is 1.73 bits per heavy atom. The van der Waals surface area contributed by atoms with Crippen LogP contribution in [0.15, 0.2) is 48.5 Å². The highest BCUT2D eigenvalue weighted by Gasteiger charge is 2.50. The van der Waals surface area contributed by atoms with Gasteiger partial charge in [-0.3, -0.25) is 0 Å². The molecule has 0 spiro atoms. The molecular weight excluding hydrogens is 324 g/mol. The maximum Gasteiger partial charge on any atom is 0.221 e. The van der Waals surface area contributed by atoms with Crippen LogP contribution in [0, 0.1) is 19.8 Å². The number of aromatic nitrogens is 2. The molecule has 0 aliphatic carbocycles. The second-order valence-corrected chi connectivity index (χ2v) is 7.53. The zero-order valence-electron chi connectivity index (χ0n) is 15.3. The summed E-state index contributed by atoms with van der Waals surface area (Å²) >= 11 is 0. The van der Waals surface area contributed by atoms with Crippen LogP contribution in [0.25, 0.3) is 5.69 Å². The van der Waals surface area contributed by atoms with Gasteiger partial charge in [0.25, 0.3) is 0 Å². The molecule has 132 valence electrons. The first kappa shape index (κ1) is 15.5. The van der Waals surface area contributed by atoms with Crippen molar-refractivity contribution in [3.8, 4) is 17.3 Å². The Hall–Kier alpha value is -2.75. The van der Waals surface area contributed by atoms with Crippen LogP contribution in [0.1, 0.15) is 29.3 Å². The Balaban J connectivity index is 1.74. The van der Waals surface area contributed by atoms with Gasteiger partial charge in [-0.05, 0) is 32.0 Å². The molecule has 3 aromatic rings. The molecule has 2 aromatic carbocycles. The number of benzene rings is 2. The second kappa shape index (κ2) is 5.37. The first-order chi connectivity index (χ1) is 12.6. The Morgan fingerprint density at radius 3 is 2.54 bits per heavy atom. The standard InChI is InChI=1S/C22H22N2O2/c1-14-8-10-17(11-9-14)24-21-20(15(2)23-24)22(3)16(13-26-21)12-25-19-7-5-4-6-18(19)22/h4-11,16H,12-13H2,1-3H3/t16-,22+/m1/s1. The van der Waals surface area contributed by atoms with Gasteiger partial charge in [-0.15, -0.1) is 0 Å². The minimum atomic E-state index is -0.157. The van der Waals surface area contributed by atoms with Crippen molar-refractivity contribution in [1.82, 2.24) is 9.78 Å². The molecule has 0 bridgehead atoms. The van der Waals surface area contributed by atoms with Crippen molar-refractivity contribution in [3.63, 3.8) is 0 Å². The number of hydrogen-bond donors (Lipinski definition) is 0. The van der Waals surface area contributed by atoms with E-state index in [1.807, 2.05) is 10.7 Å². The van der Waals surface area contributed by atoms with Gasteiger partial charge >= 0.3 is 0 Å². The maximum absolute atomic E-state index is 6.23. The fourth-order valence-corrected chi connectivity index (χ4v) is 4.43. The van der Waals surface area contributed by atoms with Gasteiger partial charge in [0.05, 0.1) is 24.6 Å². The first-order valence-electron chi connectivity index (χ1n) is 9.11. The van der Waals surface area contributed by atoms with Crippen LogP contribution in [0.5, 0.6) is 11.6 Å². The molecule has 2 aliphatic heterocycles. The van der Waals surface area contributed by atoms with E-state index in [4.69, 9.17) is 14.6 Å². The summed E-state index contributed by atoms with van der Waals surface area (Å²) in [5, 5.41) is 4.85. The molecule has 0 saturated heterocycles. The number of fused-ring (bicyclic) bond motifs is 5. The van der Waals surface area contributed by atoms with Crippen molar-refractivity contribution in [2.24, 2.45) is 5.92 Å². The van der Waals surface area contributed by atoms with Gasteiger partial charge in [0, 0.05) is 22.5 Å². The second-order valence-electron chi connectivity index (χ2n) is 7.53. The van der Waals surface area contributed by atoms with E-state index >= 15 is 0 Å². The van der Waals surface area contributed by atoms with Crippen molar-refractivity contribution >= 4 is 0 Å². The number of nitrogens with zero attached hydrogens (tertiary/aromatic N) is 2. The fraction of sp³-hybridized carbons (Fsp3) is 0.318. The highest BCUT2D eigenvalue weighted by molar-refractivity contribution is 5.56. The maximum atomic E-state index is 6.23. The van der Waals surface area contributed by atoms with Gasteiger partial charge in [-0.1, -0.05) is 42.8 Å². The first-order valence-corrected chi connectivity index (χ1v) is 9.11. The summed E-state index contributed by atoms with van der Waals surface area (Å²) in [7, 11) is 0. The summed E-state index contributed by atoms with van der Waals surface area (Å²) in [6.07, 6.45) is 0. The predicted molar refractivity (Wildman–Crippen MR) is 100 cm³/mol. The van der Waals surface area contributed by atoms with E-state index in [2.05, 4.69) is 63.2 Å². The molecule has 2 atom stereocenters. The van der Waals surface area contributed by atoms with Crippen LogP contribution in [-0.4, -0.2) is 23.0 Å². The van der Waals surface area contributed by atoms with Crippen LogP contribution < -0.4 is 9.47 Å². The highest BCUT2D eigenvalue weighted by Crippen LogP contribution is 2.53. The number of ether oxygens (including phenoxy) is 2. The minimum absolute atomic E-state index is 0.157. The largest absolute Gasteiger partial charge is 0.493 e. The van der Waals surface area contributed by atoms with E-state index in [0.29, 0.717) is 13.2 Å². The Labute approximate surface area is 153 Å². The molecular formula is C22H22N2O2. The summed E-state index contributed by atoms with van der Waals surface area (Å²) < 4.78 is 14.2. The van der Waals surface area contributed by atoms with Gasteiger partial charge in [0.15, 0.2) is 0 Å². The number of rotatable bonds is 1. The lowest BCUT2D eigenvalue weighted by Gasteiger charge is -2.45. The third kappa shape index (κ3) is 1.99. The molecule has 3 heterocycles. The van der Waals surface area contributed by atoms with Crippen LogP contribution in [0.2, 0.25) is 0 Å². The fourth-order valence-electron chi connectivity index (χ4n) is 4.43. The topological polar surface area (TPSA) is 36.3 Å². The average Bonchev–Trinajstić information content (AvgIpc) is 3.00. The van der Waals surface area contributed by atoms with Crippen molar-refractivity contribution in [1.29, 1.82) is 0 Å². The lowest BCUT2D eigenvalue weighted by molar-refractivity contribution is 0.0826. The monoisotopic (exact) mass is 346 g/mol. The number of hydrogen-bond acceptors (Lipinski definition) is 3. The van der Waals surface area contributed by atoms with Crippen molar-refractivity contribution in [2.45, 2.75) is 26.2 Å². The van der Waals surface area contributed by atoms with E-state index in [9.17, 15) is 0 Å². The van der Waals surface area contributed by atoms with Gasteiger partial charge in [-0.2, -0.15) is 5.10 Å². The molecule has 4 heteroatoms. The minimum Gasteiger partial charge on any atom is -0.493 e. The van der Waals surface area contributed by atoms with Gasteiger partial charge in [-0.25, -0.2) is 4.68 Å². The summed E-state index contributed by atoms with van der Waals surface area (Å²) in [5.41, 5.74) is 5.54. The average molecular weight is 346 g/mol. The van der Waals surface area contributed by atoms with Crippen LogP contribution >= 0.6 is 0 Å². The quantitative estimate of drug-likeness (QED) is 0.663. The van der Waals surface area contributed by atoms with Crippen LogP contribution in [0.3, 0.4) is 0 Å². The Bertz CT molecular complexity index is 990. The molecule has 0 amide bonds. The van der Waals surface area contributed by atoms with Crippen molar-refractivity contribution in [2.75, 3.05) is 13.2 Å². The van der Waals surface area contributed by atoms with Gasteiger partial charge in [0.1, 0.15) is 5.75 Å². The normalized spacial score (nSPS) is 23.3. The van der Waals surface area contributed by atoms with Crippen LogP contribution in [-0.2, 0) is 5.41 Å². The highest BCUT2D eigenvalue weighted by atomic mass is 16.5. The van der Waals surface area contributed by atoms with Crippen molar-refractivity contribution in [3.05, 3.63) is 70.9 Å². The molecule has 1 aromatic heterocycles. The van der Waals surface area contributed by atoms with E-state index in [-0.39, 0.29) is 11.3 Å². The lowest BCUT2D eigenvalue weighted by atomic mass is 9.65. The lowest BCUT2D eigenvalue weighted by Crippen LogP contribution is -2.47. The molecule has 0 radical (unpaired) electrons. The zero-order chi connectivity index (χ0) is 17.9. The summed E-state index contributed by atoms with van der Waals surface area (Å²) in [6.45, 7) is 7.79. The van der Waals surface area contributed by atoms with Gasteiger partial charge < -0.3 is 9.47 Å². The molecule has 0 fully saturated rings. The third-order valence-electron chi connectivity index (χ3n) is 5.94. The summed E-state index contributed by atoms with van der Waals surface area (Å²) in [4.78, 5) is 0. The van der Waals surface area contributed by atoms with E-state index < -0.39 is 0 Å². The van der Waals surface area contributed by atoms with E-state index in [0.717, 1.165) is 23.0 Å². The Morgan fingerprint density at radius 1 is 1.00 bits per heavy atom. The van der Waals surface area contributed by atoms with Gasteiger partial charge in [0.2, 0.25) is 5.88 Å². The van der Waals surface area contributed by atoms with E-state index in [1.165, 1.54) is 16.7 Å². The SMILES string of the molecule is Cc1ccc(-n2nc(C)c3c2OC[C@H]2COc4ccccc4[C@@]32C)cc1. The molecule has 5 rings (SSSR count). The zero-order valence-corrected chi connectivity index (χ0v) is 15.3.